The van der Waals surface area contributed by atoms with Crippen LogP contribution in [0.1, 0.15) is 34.9 Å². The minimum absolute atomic E-state index is 0.179. The summed E-state index contributed by atoms with van der Waals surface area (Å²) in [6, 6.07) is 6.44. The zero-order valence-corrected chi connectivity index (χ0v) is 14.6. The van der Waals surface area contributed by atoms with Gasteiger partial charge >= 0.3 is 0 Å². The molecule has 3 heterocycles. The predicted molar refractivity (Wildman–Crippen MR) is 95.3 cm³/mol. The third kappa shape index (κ3) is 3.29. The lowest BCUT2D eigenvalue weighted by Crippen LogP contribution is -2.45. The summed E-state index contributed by atoms with van der Waals surface area (Å²) in [7, 11) is 0. The number of rotatable bonds is 4. The molecule has 1 aliphatic carbocycles. The number of carbonyl (C=O) groups excluding carboxylic acids is 1. The van der Waals surface area contributed by atoms with E-state index in [0.29, 0.717) is 5.92 Å². The molecule has 2 aromatic heterocycles. The number of carbonyl (C=O) groups is 1. The highest BCUT2D eigenvalue weighted by Gasteiger charge is 2.45. The molecule has 1 N–H and O–H groups in total. The van der Waals surface area contributed by atoms with Crippen LogP contribution in [0, 0.1) is 12.8 Å². The normalized spacial score (nSPS) is 24.0. The minimum atomic E-state index is 0.179. The molecule has 6 heteroatoms. The summed E-state index contributed by atoms with van der Waals surface area (Å²) in [4.78, 5) is 26.0. The number of hydrogen-bond donors (Lipinski definition) is 1. The molecule has 2 fully saturated rings. The monoisotopic (exact) mass is 342 g/mol. The molecule has 1 saturated heterocycles. The number of piperidine rings is 1. The van der Waals surface area contributed by atoms with E-state index in [-0.39, 0.29) is 17.9 Å². The Morgan fingerprint density at radius 3 is 2.67 bits per heavy atom. The molecule has 1 aliphatic heterocycles. The average Bonchev–Trinajstić information content (AvgIpc) is 3.31. The van der Waals surface area contributed by atoms with Crippen molar-refractivity contribution in [2.75, 3.05) is 18.0 Å². The number of anilines is 1. The van der Waals surface area contributed by atoms with Crippen LogP contribution in [0.3, 0.4) is 0 Å². The van der Waals surface area contributed by atoms with E-state index in [1.165, 1.54) is 9.75 Å². The standard InChI is InChI=1S/C18H22N4OS/c1-12-3-4-16(24-12)14-11-15(14)17(23)21-13-5-9-22(10-6-13)18-19-7-2-8-20-18/h2-4,7-8,13-15H,5-6,9-11H2,1H3,(H,21,23)/t14-,15-/m0/s1. The molecule has 2 aliphatic rings. The summed E-state index contributed by atoms with van der Waals surface area (Å²) in [6.07, 6.45) is 6.47. The van der Waals surface area contributed by atoms with Crippen LogP contribution < -0.4 is 10.2 Å². The third-order valence-electron chi connectivity index (χ3n) is 4.93. The summed E-state index contributed by atoms with van der Waals surface area (Å²) in [5, 5.41) is 3.26. The Kier molecular flexibility index (Phi) is 4.22. The summed E-state index contributed by atoms with van der Waals surface area (Å²) in [6.45, 7) is 3.91. The highest BCUT2D eigenvalue weighted by molar-refractivity contribution is 7.12. The van der Waals surface area contributed by atoms with Crippen molar-refractivity contribution in [3.05, 3.63) is 40.3 Å². The van der Waals surface area contributed by atoms with Gasteiger partial charge in [0.05, 0.1) is 0 Å². The molecular formula is C18H22N4OS. The predicted octanol–water partition coefficient (Wildman–Crippen LogP) is 2.74. The number of aryl methyl sites for hydroxylation is 1. The van der Waals surface area contributed by atoms with Crippen LogP contribution in [0.4, 0.5) is 5.95 Å². The molecule has 0 unspecified atom stereocenters. The van der Waals surface area contributed by atoms with Crippen LogP contribution in [-0.2, 0) is 4.79 Å². The smallest absolute Gasteiger partial charge is 0.225 e. The number of hydrogen-bond acceptors (Lipinski definition) is 5. The van der Waals surface area contributed by atoms with E-state index in [9.17, 15) is 4.79 Å². The molecular weight excluding hydrogens is 320 g/mol. The second-order valence-corrected chi connectivity index (χ2v) is 8.04. The van der Waals surface area contributed by atoms with E-state index in [1.807, 2.05) is 17.4 Å². The van der Waals surface area contributed by atoms with Gasteiger partial charge < -0.3 is 10.2 Å². The molecule has 1 saturated carbocycles. The molecule has 24 heavy (non-hydrogen) atoms. The molecule has 2 aromatic rings. The van der Waals surface area contributed by atoms with Crippen LogP contribution in [0.5, 0.6) is 0 Å². The largest absolute Gasteiger partial charge is 0.353 e. The number of amides is 1. The third-order valence-corrected chi connectivity index (χ3v) is 6.06. The van der Waals surface area contributed by atoms with Crippen molar-refractivity contribution in [3.63, 3.8) is 0 Å². The van der Waals surface area contributed by atoms with Crippen LogP contribution in [-0.4, -0.2) is 35.0 Å². The Bertz CT molecular complexity index is 709. The van der Waals surface area contributed by atoms with E-state index in [0.717, 1.165) is 38.3 Å². The van der Waals surface area contributed by atoms with E-state index in [2.05, 4.69) is 39.2 Å². The van der Waals surface area contributed by atoms with Gasteiger partial charge in [-0.15, -0.1) is 11.3 Å². The highest BCUT2D eigenvalue weighted by Crippen LogP contribution is 2.49. The average molecular weight is 342 g/mol. The van der Waals surface area contributed by atoms with Crippen molar-refractivity contribution in [1.82, 2.24) is 15.3 Å². The number of nitrogens with one attached hydrogen (secondary N) is 1. The fraction of sp³-hybridized carbons (Fsp3) is 0.500. The molecule has 0 spiro atoms. The van der Waals surface area contributed by atoms with Crippen molar-refractivity contribution in [2.24, 2.45) is 5.92 Å². The zero-order valence-electron chi connectivity index (χ0n) is 13.8. The van der Waals surface area contributed by atoms with E-state index in [1.54, 1.807) is 12.4 Å². The Morgan fingerprint density at radius 2 is 2.00 bits per heavy atom. The lowest BCUT2D eigenvalue weighted by Gasteiger charge is -2.32. The first-order valence-corrected chi connectivity index (χ1v) is 9.41. The molecule has 5 nitrogen and oxygen atoms in total. The van der Waals surface area contributed by atoms with Gasteiger partial charge in [0.1, 0.15) is 0 Å². The number of nitrogens with zero attached hydrogens (tertiary/aromatic N) is 3. The van der Waals surface area contributed by atoms with Gasteiger partial charge in [0.15, 0.2) is 0 Å². The Hall–Kier alpha value is -1.95. The second-order valence-electron chi connectivity index (χ2n) is 6.72. The van der Waals surface area contributed by atoms with Gasteiger partial charge in [-0.2, -0.15) is 0 Å². The Morgan fingerprint density at radius 1 is 1.25 bits per heavy atom. The van der Waals surface area contributed by atoms with Crippen LogP contribution in [0.15, 0.2) is 30.6 Å². The topological polar surface area (TPSA) is 58.1 Å². The first-order valence-electron chi connectivity index (χ1n) is 8.59. The molecule has 0 radical (unpaired) electrons. The Labute approximate surface area is 146 Å². The first kappa shape index (κ1) is 15.6. The second kappa shape index (κ2) is 6.51. The van der Waals surface area contributed by atoms with Crippen molar-refractivity contribution >= 4 is 23.2 Å². The summed E-state index contributed by atoms with van der Waals surface area (Å²) < 4.78 is 0. The fourth-order valence-electron chi connectivity index (χ4n) is 3.44. The maximum atomic E-state index is 12.5. The van der Waals surface area contributed by atoms with Gasteiger partial charge in [0.25, 0.3) is 0 Å². The molecule has 126 valence electrons. The van der Waals surface area contributed by atoms with E-state index < -0.39 is 0 Å². The Balaban J connectivity index is 1.26. The lowest BCUT2D eigenvalue weighted by atomic mass is 10.0. The quantitative estimate of drug-likeness (QED) is 0.928. The van der Waals surface area contributed by atoms with E-state index in [4.69, 9.17) is 0 Å². The first-order chi connectivity index (χ1) is 11.7. The lowest BCUT2D eigenvalue weighted by molar-refractivity contribution is -0.123. The van der Waals surface area contributed by atoms with Crippen LogP contribution >= 0.6 is 11.3 Å². The van der Waals surface area contributed by atoms with E-state index >= 15 is 0 Å². The maximum Gasteiger partial charge on any atom is 0.225 e. The van der Waals surface area contributed by atoms with Crippen molar-refractivity contribution in [1.29, 1.82) is 0 Å². The molecule has 0 bridgehead atoms. The molecule has 1 amide bonds. The number of thiophene rings is 1. The molecule has 4 rings (SSSR count). The van der Waals surface area contributed by atoms with Gasteiger partial charge in [0.2, 0.25) is 11.9 Å². The summed E-state index contributed by atoms with van der Waals surface area (Å²) in [5.74, 6) is 1.65. The zero-order chi connectivity index (χ0) is 16.5. The van der Waals surface area contributed by atoms with Gasteiger partial charge in [-0.3, -0.25) is 4.79 Å². The molecule has 0 aromatic carbocycles. The fourth-order valence-corrected chi connectivity index (χ4v) is 4.49. The minimum Gasteiger partial charge on any atom is -0.353 e. The maximum absolute atomic E-state index is 12.5. The summed E-state index contributed by atoms with van der Waals surface area (Å²) >= 11 is 1.82. The van der Waals surface area contributed by atoms with Crippen LogP contribution in [0.25, 0.3) is 0 Å². The van der Waals surface area contributed by atoms with Gasteiger partial charge in [-0.05, 0) is 44.4 Å². The summed E-state index contributed by atoms with van der Waals surface area (Å²) in [5.41, 5.74) is 0. The van der Waals surface area contributed by atoms with Crippen molar-refractivity contribution < 1.29 is 4.79 Å². The SMILES string of the molecule is Cc1ccc([C@H]2C[C@@H]2C(=O)NC2CCN(c3ncccn3)CC2)s1. The highest BCUT2D eigenvalue weighted by atomic mass is 32.1. The van der Waals surface area contributed by atoms with Gasteiger partial charge in [-0.25, -0.2) is 9.97 Å². The van der Waals surface area contributed by atoms with Crippen molar-refractivity contribution in [2.45, 2.75) is 38.1 Å². The molecule has 2 atom stereocenters. The van der Waals surface area contributed by atoms with Crippen LogP contribution in [0.2, 0.25) is 0 Å². The van der Waals surface area contributed by atoms with Gasteiger partial charge in [0, 0.05) is 53.1 Å². The van der Waals surface area contributed by atoms with Crippen molar-refractivity contribution in [3.8, 4) is 0 Å². The number of aromatic nitrogens is 2. The van der Waals surface area contributed by atoms with Gasteiger partial charge in [-0.1, -0.05) is 0 Å².